The van der Waals surface area contributed by atoms with Crippen molar-refractivity contribution in [2.24, 2.45) is 0 Å². The Morgan fingerprint density at radius 2 is 1.88 bits per heavy atom. The second-order valence-corrected chi connectivity index (χ2v) is 6.44. The number of furan rings is 1. The van der Waals surface area contributed by atoms with Gasteiger partial charge in [-0.15, -0.1) is 0 Å². The fourth-order valence-corrected chi connectivity index (χ4v) is 3.24. The molecule has 0 saturated heterocycles. The molecule has 0 aliphatic heterocycles. The summed E-state index contributed by atoms with van der Waals surface area (Å²) in [7, 11) is 1.67. The van der Waals surface area contributed by atoms with Gasteiger partial charge in [0, 0.05) is 30.8 Å². The molecule has 0 spiro atoms. The van der Waals surface area contributed by atoms with Crippen LogP contribution in [-0.4, -0.2) is 19.6 Å². The lowest BCUT2D eigenvalue weighted by atomic mass is 10.0. The summed E-state index contributed by atoms with van der Waals surface area (Å²) in [4.78, 5) is 11.2. The number of nitrogens with one attached hydrogen (secondary N) is 1. The maximum absolute atomic E-state index is 11.2. The van der Waals surface area contributed by atoms with Gasteiger partial charge in [0.1, 0.15) is 17.1 Å². The molecule has 4 nitrogen and oxygen atoms in total. The number of hydrogen-bond donors (Lipinski definition) is 1. The first-order valence-electron chi connectivity index (χ1n) is 9.04. The number of aryl methyl sites for hydroxylation is 2. The van der Waals surface area contributed by atoms with Crippen molar-refractivity contribution >= 4 is 16.9 Å². The number of methoxy groups -OCH3 is 1. The third kappa shape index (κ3) is 4.45. The summed E-state index contributed by atoms with van der Waals surface area (Å²) in [6.07, 6.45) is 3.67. The number of carbonyl (C=O) groups excluding carboxylic acids is 1. The molecule has 4 heteroatoms. The van der Waals surface area contributed by atoms with Gasteiger partial charge in [0.25, 0.3) is 0 Å². The highest BCUT2D eigenvalue weighted by molar-refractivity contribution is 5.84. The van der Waals surface area contributed by atoms with Gasteiger partial charge in [0.2, 0.25) is 5.91 Å². The van der Waals surface area contributed by atoms with Crippen LogP contribution < -0.4 is 10.1 Å². The summed E-state index contributed by atoms with van der Waals surface area (Å²) in [5.74, 6) is 1.81. The zero-order valence-electron chi connectivity index (χ0n) is 15.4. The minimum atomic E-state index is -0.0130. The zero-order valence-corrected chi connectivity index (χ0v) is 15.4. The summed E-state index contributed by atoms with van der Waals surface area (Å²) >= 11 is 0. The van der Waals surface area contributed by atoms with Crippen molar-refractivity contribution in [3.8, 4) is 5.75 Å². The molecule has 1 aromatic heterocycles. The van der Waals surface area contributed by atoms with E-state index in [1.807, 2.05) is 24.3 Å². The number of ether oxygens (including phenoxy) is 1. The summed E-state index contributed by atoms with van der Waals surface area (Å²) in [5.41, 5.74) is 3.38. The molecule has 26 heavy (non-hydrogen) atoms. The van der Waals surface area contributed by atoms with E-state index in [1.54, 1.807) is 7.11 Å². The predicted octanol–water partition coefficient (Wildman–Crippen LogP) is 4.30. The fraction of sp³-hybridized carbons (Fsp3) is 0.318. The molecule has 0 bridgehead atoms. The second-order valence-electron chi connectivity index (χ2n) is 6.44. The van der Waals surface area contributed by atoms with Gasteiger partial charge >= 0.3 is 0 Å². The van der Waals surface area contributed by atoms with Crippen LogP contribution in [-0.2, 0) is 24.1 Å². The molecule has 2 aromatic carbocycles. The highest BCUT2D eigenvalue weighted by Gasteiger charge is 2.15. The Hall–Kier alpha value is -2.75. The first kappa shape index (κ1) is 18.1. The SMILES string of the molecule is COc1ccc2oc(CCCc3ccccc3)c(CCNC(C)=O)c2c1. The number of benzene rings is 2. The zero-order chi connectivity index (χ0) is 18.4. The number of amides is 1. The average molecular weight is 351 g/mol. The summed E-state index contributed by atoms with van der Waals surface area (Å²) in [6.45, 7) is 2.14. The Balaban J connectivity index is 1.78. The first-order chi connectivity index (χ1) is 12.7. The van der Waals surface area contributed by atoms with Crippen molar-refractivity contribution in [3.05, 3.63) is 65.4 Å². The van der Waals surface area contributed by atoms with Gasteiger partial charge in [-0.05, 0) is 43.0 Å². The summed E-state index contributed by atoms with van der Waals surface area (Å²) in [6, 6.07) is 16.4. The molecule has 1 heterocycles. The van der Waals surface area contributed by atoms with Crippen molar-refractivity contribution in [2.75, 3.05) is 13.7 Å². The van der Waals surface area contributed by atoms with Gasteiger partial charge in [0.05, 0.1) is 7.11 Å². The van der Waals surface area contributed by atoms with Crippen LogP contribution >= 0.6 is 0 Å². The molecule has 3 rings (SSSR count). The van der Waals surface area contributed by atoms with Gasteiger partial charge < -0.3 is 14.5 Å². The van der Waals surface area contributed by atoms with E-state index in [0.29, 0.717) is 6.54 Å². The van der Waals surface area contributed by atoms with E-state index in [-0.39, 0.29) is 5.91 Å². The van der Waals surface area contributed by atoms with Crippen molar-refractivity contribution < 1.29 is 13.9 Å². The quantitative estimate of drug-likeness (QED) is 0.658. The van der Waals surface area contributed by atoms with E-state index in [2.05, 4.69) is 29.6 Å². The van der Waals surface area contributed by atoms with Gasteiger partial charge in [0.15, 0.2) is 0 Å². The molecule has 0 atom stereocenters. The van der Waals surface area contributed by atoms with Crippen LogP contribution in [0.1, 0.15) is 30.2 Å². The monoisotopic (exact) mass is 351 g/mol. The van der Waals surface area contributed by atoms with E-state index in [9.17, 15) is 4.79 Å². The number of hydrogen-bond acceptors (Lipinski definition) is 3. The van der Waals surface area contributed by atoms with Crippen LogP contribution in [0.25, 0.3) is 11.0 Å². The number of carbonyl (C=O) groups is 1. The van der Waals surface area contributed by atoms with E-state index in [0.717, 1.165) is 48.2 Å². The molecule has 3 aromatic rings. The van der Waals surface area contributed by atoms with Crippen molar-refractivity contribution in [1.29, 1.82) is 0 Å². The Morgan fingerprint density at radius 3 is 2.62 bits per heavy atom. The molecular formula is C22H25NO3. The van der Waals surface area contributed by atoms with E-state index in [4.69, 9.17) is 9.15 Å². The maximum atomic E-state index is 11.2. The van der Waals surface area contributed by atoms with Crippen LogP contribution in [0, 0.1) is 0 Å². The molecule has 1 amide bonds. The Kier molecular flexibility index (Phi) is 5.95. The first-order valence-corrected chi connectivity index (χ1v) is 9.04. The van der Waals surface area contributed by atoms with Crippen molar-refractivity contribution in [3.63, 3.8) is 0 Å². The van der Waals surface area contributed by atoms with E-state index >= 15 is 0 Å². The lowest BCUT2D eigenvalue weighted by Gasteiger charge is -2.05. The third-order valence-corrected chi connectivity index (χ3v) is 4.54. The van der Waals surface area contributed by atoms with Crippen LogP contribution in [0.5, 0.6) is 5.75 Å². The Bertz CT molecular complexity index is 868. The van der Waals surface area contributed by atoms with Gasteiger partial charge in [-0.3, -0.25) is 4.79 Å². The van der Waals surface area contributed by atoms with Crippen molar-refractivity contribution in [2.45, 2.75) is 32.6 Å². The second kappa shape index (κ2) is 8.56. The highest BCUT2D eigenvalue weighted by Crippen LogP contribution is 2.30. The minimum Gasteiger partial charge on any atom is -0.497 e. The maximum Gasteiger partial charge on any atom is 0.216 e. The van der Waals surface area contributed by atoms with Gasteiger partial charge in [-0.25, -0.2) is 0 Å². The highest BCUT2D eigenvalue weighted by atomic mass is 16.5. The van der Waals surface area contributed by atoms with E-state index < -0.39 is 0 Å². The van der Waals surface area contributed by atoms with E-state index in [1.165, 1.54) is 18.1 Å². The predicted molar refractivity (Wildman–Crippen MR) is 104 cm³/mol. The number of rotatable bonds is 8. The van der Waals surface area contributed by atoms with Crippen molar-refractivity contribution in [1.82, 2.24) is 5.32 Å². The molecule has 0 fully saturated rings. The Morgan fingerprint density at radius 1 is 1.08 bits per heavy atom. The molecule has 0 aliphatic carbocycles. The smallest absolute Gasteiger partial charge is 0.216 e. The standard InChI is InChI=1S/C22H25NO3/c1-16(24)23-14-13-19-20-15-18(25-2)11-12-22(20)26-21(19)10-6-9-17-7-4-3-5-8-17/h3-5,7-8,11-12,15H,6,9-10,13-14H2,1-2H3,(H,23,24). The van der Waals surface area contributed by atoms with Crippen LogP contribution in [0.3, 0.4) is 0 Å². The topological polar surface area (TPSA) is 51.5 Å². The summed E-state index contributed by atoms with van der Waals surface area (Å²) < 4.78 is 11.5. The van der Waals surface area contributed by atoms with Gasteiger partial charge in [-0.1, -0.05) is 30.3 Å². The minimum absolute atomic E-state index is 0.0130. The molecule has 0 unspecified atom stereocenters. The lowest BCUT2D eigenvalue weighted by Crippen LogP contribution is -2.22. The molecule has 136 valence electrons. The molecule has 0 radical (unpaired) electrons. The largest absolute Gasteiger partial charge is 0.497 e. The third-order valence-electron chi connectivity index (χ3n) is 4.54. The van der Waals surface area contributed by atoms with Crippen LogP contribution in [0.15, 0.2) is 52.9 Å². The molecular weight excluding hydrogens is 326 g/mol. The Labute approximate surface area is 154 Å². The van der Waals surface area contributed by atoms with Gasteiger partial charge in [-0.2, -0.15) is 0 Å². The normalized spacial score (nSPS) is 10.8. The average Bonchev–Trinajstić information content (AvgIpc) is 2.99. The molecule has 1 N–H and O–H groups in total. The lowest BCUT2D eigenvalue weighted by molar-refractivity contribution is -0.118. The fourth-order valence-electron chi connectivity index (χ4n) is 3.24. The summed E-state index contributed by atoms with van der Waals surface area (Å²) in [5, 5.41) is 3.95. The van der Waals surface area contributed by atoms with Crippen LogP contribution in [0.2, 0.25) is 0 Å². The molecule has 0 aliphatic rings. The molecule has 0 saturated carbocycles. The number of fused-ring (bicyclic) bond motifs is 1. The van der Waals surface area contributed by atoms with Crippen LogP contribution in [0.4, 0.5) is 0 Å².